The summed E-state index contributed by atoms with van der Waals surface area (Å²) in [5, 5.41) is 0. The highest BCUT2D eigenvalue weighted by Gasteiger charge is 2.13. The van der Waals surface area contributed by atoms with Crippen LogP contribution in [0.15, 0.2) is 322 Å². The molecule has 0 fully saturated rings. The fourth-order valence-corrected chi connectivity index (χ4v) is 10.8. The molecule has 5 heterocycles. The van der Waals surface area contributed by atoms with Gasteiger partial charge in [0.1, 0.15) is 17.5 Å². The van der Waals surface area contributed by atoms with Gasteiger partial charge in [-0.05, 0) is 72.4 Å². The van der Waals surface area contributed by atoms with Crippen molar-refractivity contribution in [3.8, 4) is 135 Å². The molecule has 0 spiro atoms. The lowest BCUT2D eigenvalue weighted by molar-refractivity contribution is 1.06. The van der Waals surface area contributed by atoms with Gasteiger partial charge in [-0.15, -0.1) is 0 Å². The third-order valence-electron chi connectivity index (χ3n) is 15.6. The lowest BCUT2D eigenvalue weighted by atomic mass is 9.99. The summed E-state index contributed by atoms with van der Waals surface area (Å²) >= 11 is 0. The van der Waals surface area contributed by atoms with E-state index in [4.69, 9.17) is 0 Å². The van der Waals surface area contributed by atoms with E-state index in [1.165, 1.54) is 22.3 Å². The van der Waals surface area contributed by atoms with Crippen LogP contribution in [0.3, 0.4) is 0 Å². The molecule has 0 N–H and O–H groups in total. The molecular formula is C83H62N10. The van der Waals surface area contributed by atoms with Crippen LogP contribution in [-0.4, -0.2) is 49.8 Å². The van der Waals surface area contributed by atoms with E-state index in [0.29, 0.717) is 5.82 Å². The summed E-state index contributed by atoms with van der Waals surface area (Å²) in [4.78, 5) is 45.9. The summed E-state index contributed by atoms with van der Waals surface area (Å²) < 4.78 is 0. The molecule has 10 heteroatoms. The van der Waals surface area contributed by atoms with E-state index in [2.05, 4.69) is 214 Å². The van der Waals surface area contributed by atoms with Gasteiger partial charge in [0.2, 0.25) is 0 Å². The molecule has 0 amide bonds. The number of rotatable bonds is 12. The van der Waals surface area contributed by atoms with Crippen molar-refractivity contribution in [1.82, 2.24) is 49.8 Å². The predicted octanol–water partition coefficient (Wildman–Crippen LogP) is 19.9. The highest BCUT2D eigenvalue weighted by molar-refractivity contribution is 5.76. The molecule has 0 saturated heterocycles. The van der Waals surface area contributed by atoms with Gasteiger partial charge in [-0.3, -0.25) is 0 Å². The molecule has 0 saturated carbocycles. The summed E-state index contributed by atoms with van der Waals surface area (Å²) in [6.45, 7) is 5.79. The molecule has 0 aliphatic heterocycles. The number of aromatic nitrogens is 10. The van der Waals surface area contributed by atoms with Crippen molar-refractivity contribution in [1.29, 1.82) is 0 Å². The fraction of sp³-hybridized carbons (Fsp3) is 0.0361. The van der Waals surface area contributed by atoms with Crippen molar-refractivity contribution in [2.75, 3.05) is 0 Å². The third-order valence-corrected chi connectivity index (χ3v) is 15.6. The van der Waals surface area contributed by atoms with Crippen LogP contribution in [0, 0.1) is 20.8 Å². The molecule has 0 bridgehead atoms. The minimum atomic E-state index is 0.704. The Morgan fingerprint density at radius 2 is 0.323 bits per heavy atom. The van der Waals surface area contributed by atoms with Crippen LogP contribution in [0.2, 0.25) is 0 Å². The van der Waals surface area contributed by atoms with Crippen molar-refractivity contribution in [3.63, 3.8) is 0 Å². The average Bonchev–Trinajstić information content (AvgIpc) is 3.00. The largest absolute Gasteiger partial charge is 0.236 e. The SMILES string of the molecule is Cc1nc(-c2ccccc2)cc(-c2ccc(-c3ccc(-c4ccccc4)cc3)cc2)n1.Cc1nc(-c2ccccc2)cc(-c2ccc(-c3cnc(-c4ccccc4)nc3)cc2)n1.Cc1nc(-c2ccccc2)cc(-c2ccc(-c3ncc(-c4ccccc4)cn3)cc2)n1. The van der Waals surface area contributed by atoms with E-state index in [1.54, 1.807) is 0 Å². The monoisotopic (exact) mass is 1200 g/mol. The number of aryl methyl sites for hydroxylation is 3. The highest BCUT2D eigenvalue weighted by Crippen LogP contribution is 2.32. The molecule has 10 aromatic carbocycles. The molecule has 444 valence electrons. The number of benzene rings is 10. The Hall–Kier alpha value is -12.4. The highest BCUT2D eigenvalue weighted by atomic mass is 14.9. The maximum Gasteiger partial charge on any atom is 0.159 e. The second-order valence-electron chi connectivity index (χ2n) is 22.2. The van der Waals surface area contributed by atoms with Crippen molar-refractivity contribution in [3.05, 3.63) is 340 Å². The number of hydrogen-bond acceptors (Lipinski definition) is 10. The van der Waals surface area contributed by atoms with Crippen LogP contribution >= 0.6 is 0 Å². The summed E-state index contributed by atoms with van der Waals surface area (Å²) in [6, 6.07) is 101. The first-order chi connectivity index (χ1) is 45.8. The van der Waals surface area contributed by atoms with Gasteiger partial charge >= 0.3 is 0 Å². The van der Waals surface area contributed by atoms with Crippen molar-refractivity contribution >= 4 is 0 Å². The molecule has 93 heavy (non-hydrogen) atoms. The second-order valence-corrected chi connectivity index (χ2v) is 22.2. The fourth-order valence-electron chi connectivity index (χ4n) is 10.8. The Bertz CT molecular complexity index is 4390. The Balaban J connectivity index is 0.000000127. The zero-order valence-electron chi connectivity index (χ0n) is 51.6. The number of hydrogen-bond donors (Lipinski definition) is 0. The molecule has 15 rings (SSSR count). The molecule has 0 atom stereocenters. The molecule has 10 nitrogen and oxygen atoms in total. The van der Waals surface area contributed by atoms with Gasteiger partial charge in [-0.2, -0.15) is 0 Å². The lowest BCUT2D eigenvalue weighted by Gasteiger charge is -2.08. The predicted molar refractivity (Wildman–Crippen MR) is 377 cm³/mol. The van der Waals surface area contributed by atoms with Gasteiger partial charge in [0.15, 0.2) is 11.6 Å². The van der Waals surface area contributed by atoms with Crippen LogP contribution in [-0.2, 0) is 0 Å². The molecule has 0 unspecified atom stereocenters. The van der Waals surface area contributed by atoms with Crippen LogP contribution < -0.4 is 0 Å². The first kappa shape index (κ1) is 59.6. The minimum absolute atomic E-state index is 0.704. The maximum atomic E-state index is 4.67. The molecule has 15 aromatic rings. The quantitative estimate of drug-likeness (QED) is 0.117. The molecule has 0 aliphatic rings. The molecule has 0 radical (unpaired) electrons. The molecular weight excluding hydrogens is 1140 g/mol. The Kier molecular flexibility index (Phi) is 18.2. The van der Waals surface area contributed by atoms with E-state index < -0.39 is 0 Å². The van der Waals surface area contributed by atoms with Gasteiger partial charge in [-0.1, -0.05) is 279 Å². The zero-order valence-corrected chi connectivity index (χ0v) is 51.6. The topological polar surface area (TPSA) is 129 Å². The van der Waals surface area contributed by atoms with Crippen molar-refractivity contribution in [2.45, 2.75) is 20.8 Å². The average molecular weight is 1200 g/mol. The Labute approximate surface area is 542 Å². The van der Waals surface area contributed by atoms with E-state index in [0.717, 1.165) is 124 Å². The Morgan fingerprint density at radius 3 is 0.581 bits per heavy atom. The smallest absolute Gasteiger partial charge is 0.159 e. The first-order valence-corrected chi connectivity index (χ1v) is 30.7. The van der Waals surface area contributed by atoms with Gasteiger partial charge in [0, 0.05) is 80.4 Å². The van der Waals surface area contributed by atoms with Gasteiger partial charge < -0.3 is 0 Å². The minimum Gasteiger partial charge on any atom is -0.236 e. The van der Waals surface area contributed by atoms with Gasteiger partial charge in [-0.25, -0.2) is 49.8 Å². The summed E-state index contributed by atoms with van der Waals surface area (Å²) in [5.41, 5.74) is 23.0. The first-order valence-electron chi connectivity index (χ1n) is 30.7. The molecule has 0 aliphatic carbocycles. The normalized spacial score (nSPS) is 10.7. The van der Waals surface area contributed by atoms with E-state index in [-0.39, 0.29) is 0 Å². The van der Waals surface area contributed by atoms with E-state index >= 15 is 0 Å². The van der Waals surface area contributed by atoms with Crippen LogP contribution in [0.5, 0.6) is 0 Å². The van der Waals surface area contributed by atoms with E-state index in [9.17, 15) is 0 Å². The third kappa shape index (κ3) is 14.9. The van der Waals surface area contributed by atoms with E-state index in [1.807, 2.05) is 179 Å². The zero-order chi connectivity index (χ0) is 63.1. The molecule has 5 aromatic heterocycles. The summed E-state index contributed by atoms with van der Waals surface area (Å²) in [7, 11) is 0. The van der Waals surface area contributed by atoms with Gasteiger partial charge in [0.25, 0.3) is 0 Å². The summed E-state index contributed by atoms with van der Waals surface area (Å²) in [6.07, 6.45) is 7.47. The number of nitrogens with zero attached hydrogens (tertiary/aromatic N) is 10. The van der Waals surface area contributed by atoms with Crippen LogP contribution in [0.1, 0.15) is 17.5 Å². The summed E-state index contributed by atoms with van der Waals surface area (Å²) in [5.74, 6) is 3.71. The van der Waals surface area contributed by atoms with Crippen molar-refractivity contribution in [2.24, 2.45) is 0 Å². The maximum absolute atomic E-state index is 4.67. The van der Waals surface area contributed by atoms with Crippen LogP contribution in [0.25, 0.3) is 135 Å². The lowest BCUT2D eigenvalue weighted by Crippen LogP contribution is -1.95. The Morgan fingerprint density at radius 1 is 0.161 bits per heavy atom. The second kappa shape index (κ2) is 28.4. The van der Waals surface area contributed by atoms with Crippen LogP contribution in [0.4, 0.5) is 0 Å². The standard InChI is InChI=1S/C29H22N2.2C27H20N4/c1-21-30-28(26-10-6-3-7-11-26)20-29(31-21)27-18-16-25(17-19-27)24-14-12-23(13-15-24)22-8-4-2-5-9-22;1-19-30-25(21-8-4-2-5-9-21)16-26(31-19)22-14-12-20(13-15-22)24-17-28-27(29-18-24)23-10-6-3-7-11-23;1-19-30-25(21-10-6-3-7-11-21)16-26(31-19)22-12-14-23(15-13-22)27-28-17-24(18-29-27)20-8-4-2-5-9-20/h2-20H,1H3;2*2-18H,1H3. The van der Waals surface area contributed by atoms with Gasteiger partial charge in [0.05, 0.1) is 34.2 Å². The van der Waals surface area contributed by atoms with Crippen molar-refractivity contribution < 1.29 is 0 Å².